The van der Waals surface area contributed by atoms with E-state index in [4.69, 9.17) is 0 Å². The molecule has 3 aromatic carbocycles. The average Bonchev–Trinajstić information content (AvgIpc) is 3.68. The van der Waals surface area contributed by atoms with E-state index in [2.05, 4.69) is 109 Å². The summed E-state index contributed by atoms with van der Waals surface area (Å²) in [6.07, 6.45) is 24.2. The first-order valence-corrected chi connectivity index (χ1v) is 33.1. The van der Waals surface area contributed by atoms with Crippen molar-refractivity contribution < 1.29 is 10.2 Å². The van der Waals surface area contributed by atoms with Crippen LogP contribution in [-0.4, -0.2) is 39.0 Å². The van der Waals surface area contributed by atoms with E-state index in [1.165, 1.54) is 140 Å². The molecule has 0 unspecified atom stereocenters. The number of rotatable bonds is 11. The van der Waals surface area contributed by atoms with Gasteiger partial charge in [0.15, 0.2) is 0 Å². The number of halogens is 2. The Morgan fingerprint density at radius 2 is 0.870 bits per heavy atom. The molecule has 3 saturated carbocycles. The zero-order chi connectivity index (χ0) is 37.8. The molecule has 0 N–H and O–H groups in total. The molecule has 0 spiro atoms. The second kappa shape index (κ2) is 17.6. The standard InChI is InChI=1S/C23H30N2.C18H33P.C7H6.2ClH.Ru/c1-5-18-11-9-12-19(6-2)22(18)24-15-16-25(17-24)23-20(7-3)13-10-14-21(23)8-4;1-4-10-16(11-5-1)19(17-12-6-2-7-13-17)18-14-8-3-9-15-18;1-7-5-3-2-4-6-7;;;/h9-14H,5-8,15-16H2,1-4H3;16-18H,1-15H2;1-6H;2*1H;/q;;;;;+1/p-1. The van der Waals surface area contributed by atoms with Crippen molar-refractivity contribution in [2.75, 3.05) is 22.9 Å². The number of para-hydroxylation sites is 2. The Morgan fingerprint density at radius 3 is 1.20 bits per heavy atom. The molecule has 7 rings (SSSR count). The van der Waals surface area contributed by atoms with Crippen LogP contribution in [0.4, 0.5) is 11.4 Å². The number of anilines is 2. The molecule has 0 amide bonds. The van der Waals surface area contributed by atoms with Gasteiger partial charge in [-0.1, -0.05) is 0 Å². The van der Waals surface area contributed by atoms with Crippen LogP contribution in [0.2, 0.25) is 0 Å². The second-order valence-corrected chi connectivity index (χ2v) is 44.9. The Labute approximate surface area is 337 Å². The predicted octanol–water partition coefficient (Wildman–Crippen LogP) is 13.9. The van der Waals surface area contributed by atoms with Crippen LogP contribution >= 0.6 is 25.0 Å². The molecule has 2 nitrogen and oxygen atoms in total. The number of hydrogen-bond donors (Lipinski definition) is 0. The van der Waals surface area contributed by atoms with Crippen molar-refractivity contribution in [1.82, 2.24) is 0 Å². The quantitative estimate of drug-likeness (QED) is 0.140. The number of nitrogens with zero attached hydrogens (tertiary/aromatic N) is 2. The zero-order valence-corrected chi connectivity index (χ0v) is 38.3. The van der Waals surface area contributed by atoms with Gasteiger partial charge in [-0.25, -0.2) is 0 Å². The summed E-state index contributed by atoms with van der Waals surface area (Å²) in [5.41, 5.74) is 9.22. The fourth-order valence-electron chi connectivity index (χ4n) is 11.8. The third kappa shape index (κ3) is 7.20. The third-order valence-corrected chi connectivity index (χ3v) is 51.2. The molecule has 0 bridgehead atoms. The molecule has 1 heterocycles. The number of hydrogen-bond acceptors (Lipinski definition) is 2. The van der Waals surface area contributed by atoms with E-state index in [0.29, 0.717) is 17.0 Å². The van der Waals surface area contributed by atoms with Crippen molar-refractivity contribution in [3.63, 3.8) is 0 Å². The average molecular weight is 878 g/mol. The summed E-state index contributed by atoms with van der Waals surface area (Å²) < 4.78 is 4.06. The Bertz CT molecular complexity index is 1730. The molecule has 3 aliphatic carbocycles. The van der Waals surface area contributed by atoms with E-state index in [9.17, 15) is 19.4 Å². The molecule has 4 fully saturated rings. The molecular formula is C48H70Cl2N2PRu. The van der Waals surface area contributed by atoms with Crippen LogP contribution in [0.1, 0.15) is 152 Å². The minimum atomic E-state index is -4.93. The minimum absolute atomic E-state index is 0.675. The van der Waals surface area contributed by atoms with E-state index in [1.54, 1.807) is 0 Å². The van der Waals surface area contributed by atoms with Gasteiger partial charge in [-0.05, 0) is 0 Å². The molecule has 0 aromatic heterocycles. The van der Waals surface area contributed by atoms with Gasteiger partial charge in [-0.2, -0.15) is 0 Å². The van der Waals surface area contributed by atoms with Crippen molar-refractivity contribution in [3.8, 4) is 0 Å². The summed E-state index contributed by atoms with van der Waals surface area (Å²) in [5.74, 6) is 0. The van der Waals surface area contributed by atoms with Crippen LogP contribution in [0, 0.1) is 0 Å². The van der Waals surface area contributed by atoms with Crippen molar-refractivity contribution in [3.05, 3.63) is 94.5 Å². The Morgan fingerprint density at radius 1 is 0.519 bits per heavy atom. The molecule has 1 saturated heterocycles. The first-order chi connectivity index (χ1) is 26.3. The van der Waals surface area contributed by atoms with Crippen molar-refractivity contribution in [1.29, 1.82) is 0 Å². The van der Waals surface area contributed by atoms with Gasteiger partial charge in [0.1, 0.15) is 0 Å². The van der Waals surface area contributed by atoms with E-state index >= 15 is 0 Å². The summed E-state index contributed by atoms with van der Waals surface area (Å²) >= 11 is 0. The summed E-state index contributed by atoms with van der Waals surface area (Å²) in [4.78, 5) is 5.62. The summed E-state index contributed by atoms with van der Waals surface area (Å²) in [5, 5.41) is 0. The van der Waals surface area contributed by atoms with Crippen LogP contribution in [0.25, 0.3) is 0 Å². The van der Waals surface area contributed by atoms with E-state index in [-0.39, 0.29) is 0 Å². The molecule has 4 aliphatic rings. The predicted molar refractivity (Wildman–Crippen MR) is 242 cm³/mol. The van der Waals surface area contributed by atoms with Gasteiger partial charge in [-0.15, -0.1) is 0 Å². The zero-order valence-electron chi connectivity index (χ0n) is 34.0. The van der Waals surface area contributed by atoms with Crippen LogP contribution in [0.3, 0.4) is 0 Å². The van der Waals surface area contributed by atoms with E-state index < -0.39 is 15.8 Å². The van der Waals surface area contributed by atoms with Crippen LogP contribution < -0.4 is 9.80 Å². The van der Waals surface area contributed by atoms with Crippen LogP contribution in [-0.2, 0) is 35.9 Å². The van der Waals surface area contributed by atoms with Gasteiger partial charge in [0.25, 0.3) is 0 Å². The molecule has 54 heavy (non-hydrogen) atoms. The summed E-state index contributed by atoms with van der Waals surface area (Å²) in [6, 6.07) is 25.5. The van der Waals surface area contributed by atoms with Gasteiger partial charge in [0.05, 0.1) is 0 Å². The second-order valence-electron chi connectivity index (χ2n) is 16.9. The fourth-order valence-corrected chi connectivity index (χ4v) is 59.5. The van der Waals surface area contributed by atoms with Gasteiger partial charge in [0, 0.05) is 0 Å². The van der Waals surface area contributed by atoms with Crippen LogP contribution in [0.15, 0.2) is 66.7 Å². The van der Waals surface area contributed by atoms with E-state index in [0.717, 1.165) is 38.8 Å². The Hall–Kier alpha value is -1.37. The molecule has 0 radical (unpaired) electrons. The van der Waals surface area contributed by atoms with Gasteiger partial charge in [-0.3, -0.25) is 0 Å². The first-order valence-electron chi connectivity index (χ1n) is 22.1. The maximum absolute atomic E-state index is 9.66. The normalized spacial score (nSPS) is 20.9. The summed E-state index contributed by atoms with van der Waals surface area (Å²) in [6.45, 7) is 11.3. The van der Waals surface area contributed by atoms with Crippen molar-refractivity contribution >= 4 is 45.3 Å². The number of benzene rings is 3. The van der Waals surface area contributed by atoms with Crippen molar-refractivity contribution in [2.45, 2.75) is 167 Å². The molecular weight excluding hydrogens is 807 g/mol. The Balaban J connectivity index is 1.74. The van der Waals surface area contributed by atoms with Crippen molar-refractivity contribution in [2.24, 2.45) is 0 Å². The summed E-state index contributed by atoms with van der Waals surface area (Å²) in [7, 11) is 14.4. The molecule has 6 heteroatoms. The number of aryl methyl sites for hydroxylation is 4. The fraction of sp³-hybridized carbons (Fsp3) is 0.583. The SMILES string of the molecule is CCc1cccc(CC)c1N1CCN(c2c(CC)cccc2CC)[C]1=[Ru]([Cl])([Cl])(=[CH]c1ccccc1)[PH](C1CCCCC1)(C1CCCCC1)C1CCCCC1. The van der Waals surface area contributed by atoms with Gasteiger partial charge < -0.3 is 0 Å². The molecule has 299 valence electrons. The Kier molecular flexibility index (Phi) is 13.3. The third-order valence-electron chi connectivity index (χ3n) is 14.1. The maximum atomic E-state index is 9.66. The first kappa shape index (κ1) is 40.8. The van der Waals surface area contributed by atoms with Gasteiger partial charge in [0.2, 0.25) is 0 Å². The van der Waals surface area contributed by atoms with Crippen LogP contribution in [0.5, 0.6) is 0 Å². The topological polar surface area (TPSA) is 6.48 Å². The monoisotopic (exact) mass is 877 g/mol. The molecule has 3 aromatic rings. The van der Waals surface area contributed by atoms with Gasteiger partial charge >= 0.3 is 340 Å². The molecule has 0 atom stereocenters. The molecule has 1 aliphatic heterocycles. The van der Waals surface area contributed by atoms with E-state index in [1.807, 2.05) is 0 Å².